The number of hydrogen-bond acceptors (Lipinski definition) is 16. The second-order valence-corrected chi connectivity index (χ2v) is 15.7. The van der Waals surface area contributed by atoms with Gasteiger partial charge in [0.05, 0.1) is 48.9 Å². The molecule has 22 heteroatoms. The molecule has 7 rings (SSSR count). The number of aryl methyl sites for hydroxylation is 1. The van der Waals surface area contributed by atoms with Gasteiger partial charge in [-0.15, -0.1) is 0 Å². The molecule has 12 N–H and O–H groups in total. The van der Waals surface area contributed by atoms with Gasteiger partial charge in [-0.25, -0.2) is 15.0 Å². The molecule has 2 fully saturated rings. The van der Waals surface area contributed by atoms with Crippen LogP contribution in [0.4, 0.5) is 17.6 Å². The van der Waals surface area contributed by atoms with Crippen LogP contribution in [0.15, 0.2) is 25.2 Å². The highest BCUT2D eigenvalue weighted by molar-refractivity contribution is 6.28. The van der Waals surface area contributed by atoms with Crippen molar-refractivity contribution in [3.8, 4) is 0 Å². The lowest BCUT2D eigenvalue weighted by molar-refractivity contribution is -0.131. The molecule has 8 atom stereocenters. The smallest absolute Gasteiger partial charge is 0.226 e. The Balaban J connectivity index is 0.000000203. The third-order valence-corrected chi connectivity index (χ3v) is 11.2. The number of rotatable bonds is 11. The molecule has 0 unspecified atom stereocenters. The van der Waals surface area contributed by atoms with E-state index in [1.54, 1.807) is 43.2 Å². The monoisotopic (exact) mass is 811 g/mol. The summed E-state index contributed by atoms with van der Waals surface area (Å²) >= 11 is 5.85. The molecule has 0 spiro atoms. The molecule has 0 aliphatic heterocycles. The SMILES string of the molecule is CC(C)(C(N)=O)[C@@H]1C[C@@H](n2cnc3c(N)nc(Cl)nc32)[C@H](O)[C@@H]1O.CCn1cnc(CCNc2nc(N)c3ncn([C@@H]4C[C@H](NC(=O)C(C)C)[C@@H](O)[C@H]4O)c3n2)c1. The summed E-state index contributed by atoms with van der Waals surface area (Å²) in [5, 5.41) is 48.0. The maximum atomic E-state index is 12.1. The van der Waals surface area contributed by atoms with E-state index < -0.39 is 59.8 Å². The van der Waals surface area contributed by atoms with Crippen LogP contribution in [0.3, 0.4) is 0 Å². The number of imidazole rings is 3. The molecule has 5 aromatic rings. The second kappa shape index (κ2) is 16.3. The standard InChI is InChI=1S/C21H31N9O3.C14H19ClN6O3/c1-4-29-8-12(24-9-29)5-6-23-21-27-18(22)15-19(28-21)30(10-25-15)14-7-13(16(31)17(14)32)26-20(33)11(2)3;1-14(2,12(17)24)5-3-6(9(23)8(5)22)21-4-18-7-10(16)19-13(15)20-11(7)21/h8-11,13-14,16-17,31-32H,4-7H2,1-3H3,(H,26,33)(H3,22,23,27,28);4-6,8-9,22-23H,3H2,1-2H3,(H2,17,24)(H2,16,19,20)/t13-,14+,16+,17-;5-,6-,8-,9+/m01/s1. The predicted octanol–water partition coefficient (Wildman–Crippen LogP) is -0.0569. The number of aliphatic hydroxyl groups excluding tert-OH is 4. The first-order valence-electron chi connectivity index (χ1n) is 18.6. The summed E-state index contributed by atoms with van der Waals surface area (Å²) in [7, 11) is 0. The average Bonchev–Trinajstić information content (AvgIpc) is 3.99. The van der Waals surface area contributed by atoms with Gasteiger partial charge in [0.2, 0.25) is 23.0 Å². The van der Waals surface area contributed by atoms with Crippen LogP contribution in [-0.4, -0.2) is 118 Å². The van der Waals surface area contributed by atoms with Crippen molar-refractivity contribution in [2.75, 3.05) is 23.3 Å². The van der Waals surface area contributed by atoms with E-state index >= 15 is 0 Å². The van der Waals surface area contributed by atoms with Crippen molar-refractivity contribution < 1.29 is 30.0 Å². The Morgan fingerprint density at radius 1 is 0.877 bits per heavy atom. The van der Waals surface area contributed by atoms with Gasteiger partial charge in [0.25, 0.3) is 0 Å². The van der Waals surface area contributed by atoms with Crippen LogP contribution in [0.1, 0.15) is 65.2 Å². The first-order chi connectivity index (χ1) is 26.9. The molecule has 0 saturated heterocycles. The summed E-state index contributed by atoms with van der Waals surface area (Å²) in [4.78, 5) is 53.4. The normalized spacial score (nSPS) is 24.9. The fourth-order valence-electron chi connectivity index (χ4n) is 7.39. The molecule has 2 amide bonds. The lowest BCUT2D eigenvalue weighted by Gasteiger charge is -2.30. The van der Waals surface area contributed by atoms with Crippen molar-refractivity contribution in [1.29, 1.82) is 0 Å². The molecule has 308 valence electrons. The van der Waals surface area contributed by atoms with Gasteiger partial charge in [0.1, 0.15) is 29.3 Å². The number of primary amides is 1. The van der Waals surface area contributed by atoms with Crippen molar-refractivity contribution in [2.45, 2.75) is 103 Å². The Hall–Kier alpha value is -5.22. The zero-order valence-electron chi connectivity index (χ0n) is 32.2. The van der Waals surface area contributed by atoms with Crippen LogP contribution >= 0.6 is 11.6 Å². The Bertz CT molecular complexity index is 2240. The van der Waals surface area contributed by atoms with Crippen molar-refractivity contribution >= 4 is 63.3 Å². The van der Waals surface area contributed by atoms with Crippen LogP contribution < -0.4 is 27.8 Å². The number of halogens is 1. The molecule has 0 radical (unpaired) electrons. The van der Waals surface area contributed by atoms with Crippen molar-refractivity contribution in [2.24, 2.45) is 23.0 Å². The number of hydrogen-bond donors (Lipinski definition) is 9. The number of nitrogens with zero attached hydrogens (tertiary/aromatic N) is 10. The van der Waals surface area contributed by atoms with Gasteiger partial charge in [0, 0.05) is 43.0 Å². The minimum Gasteiger partial charge on any atom is -0.390 e. The van der Waals surface area contributed by atoms with Gasteiger partial charge in [-0.3, -0.25) is 9.59 Å². The number of carbonyl (C=O) groups is 2. The molecule has 2 saturated carbocycles. The fourth-order valence-corrected chi connectivity index (χ4v) is 7.56. The first-order valence-corrected chi connectivity index (χ1v) is 19.0. The van der Waals surface area contributed by atoms with E-state index in [2.05, 4.69) is 52.4 Å². The number of nitrogens with two attached hydrogens (primary N) is 3. The van der Waals surface area contributed by atoms with E-state index in [1.807, 2.05) is 10.8 Å². The number of nitrogens with one attached hydrogen (secondary N) is 2. The third kappa shape index (κ3) is 8.15. The Morgan fingerprint density at radius 3 is 2.07 bits per heavy atom. The Kier molecular flexibility index (Phi) is 11.9. The van der Waals surface area contributed by atoms with Gasteiger partial charge in [-0.05, 0) is 31.4 Å². The van der Waals surface area contributed by atoms with Crippen LogP contribution in [0.25, 0.3) is 22.3 Å². The van der Waals surface area contributed by atoms with Gasteiger partial charge >= 0.3 is 0 Å². The summed E-state index contributed by atoms with van der Waals surface area (Å²) < 4.78 is 5.30. The highest BCUT2D eigenvalue weighted by Gasteiger charge is 2.51. The molecular weight excluding hydrogens is 762 g/mol. The summed E-state index contributed by atoms with van der Waals surface area (Å²) in [6.07, 6.45) is 3.73. The van der Waals surface area contributed by atoms with E-state index in [1.165, 1.54) is 12.7 Å². The van der Waals surface area contributed by atoms with Gasteiger partial charge < -0.3 is 62.0 Å². The van der Waals surface area contributed by atoms with E-state index in [-0.39, 0.29) is 28.7 Å². The summed E-state index contributed by atoms with van der Waals surface area (Å²) in [5.41, 5.74) is 18.9. The maximum Gasteiger partial charge on any atom is 0.226 e. The highest BCUT2D eigenvalue weighted by Crippen LogP contribution is 2.45. The molecular formula is C35H50ClN15O6. The molecule has 2 aliphatic carbocycles. The highest BCUT2D eigenvalue weighted by atomic mass is 35.5. The molecule has 0 bridgehead atoms. The van der Waals surface area contributed by atoms with Gasteiger partial charge in [0.15, 0.2) is 22.9 Å². The zero-order valence-corrected chi connectivity index (χ0v) is 33.0. The average molecular weight is 812 g/mol. The summed E-state index contributed by atoms with van der Waals surface area (Å²) in [6.45, 7) is 10.3. The molecule has 0 aromatic carbocycles. The largest absolute Gasteiger partial charge is 0.390 e. The van der Waals surface area contributed by atoms with Crippen molar-refractivity contribution in [3.63, 3.8) is 0 Å². The number of aliphatic hydroxyl groups is 4. The quantitative estimate of drug-likeness (QED) is 0.0789. The van der Waals surface area contributed by atoms with E-state index in [9.17, 15) is 30.0 Å². The molecule has 21 nitrogen and oxygen atoms in total. The van der Waals surface area contributed by atoms with Gasteiger partial charge in [-0.1, -0.05) is 27.7 Å². The Labute approximate surface area is 332 Å². The maximum absolute atomic E-state index is 12.1. The topological polar surface area (TPSA) is 322 Å². The van der Waals surface area contributed by atoms with E-state index in [0.29, 0.717) is 54.1 Å². The number of anilines is 3. The first kappa shape index (κ1) is 41.4. The number of fused-ring (bicyclic) bond motifs is 2. The third-order valence-electron chi connectivity index (χ3n) is 11.0. The van der Waals surface area contributed by atoms with Crippen LogP contribution in [0.2, 0.25) is 5.28 Å². The minimum atomic E-state index is -1.11. The fraction of sp³-hybridized carbons (Fsp3) is 0.571. The molecule has 2 aliphatic rings. The number of aromatic nitrogens is 10. The molecule has 5 aromatic heterocycles. The number of nitrogen functional groups attached to an aromatic ring is 2. The Morgan fingerprint density at radius 2 is 1.47 bits per heavy atom. The van der Waals surface area contributed by atoms with Crippen molar-refractivity contribution in [3.05, 3.63) is 36.2 Å². The van der Waals surface area contributed by atoms with Crippen LogP contribution in [0.5, 0.6) is 0 Å². The van der Waals surface area contributed by atoms with Gasteiger partial charge in [-0.2, -0.15) is 19.9 Å². The summed E-state index contributed by atoms with van der Waals surface area (Å²) in [6, 6.07) is -1.64. The lowest BCUT2D eigenvalue weighted by atomic mass is 9.76. The summed E-state index contributed by atoms with van der Waals surface area (Å²) in [5.74, 6) is -0.760. The second-order valence-electron chi connectivity index (χ2n) is 15.4. The number of amides is 2. The van der Waals surface area contributed by atoms with E-state index in [0.717, 1.165) is 12.2 Å². The van der Waals surface area contributed by atoms with Crippen LogP contribution in [0, 0.1) is 17.3 Å². The van der Waals surface area contributed by atoms with Crippen LogP contribution in [-0.2, 0) is 22.6 Å². The minimum absolute atomic E-state index is 0.0381. The lowest BCUT2D eigenvalue weighted by Crippen LogP contribution is -2.44. The zero-order chi connectivity index (χ0) is 41.5. The number of carbonyl (C=O) groups excluding carboxylic acids is 2. The van der Waals surface area contributed by atoms with Crippen molar-refractivity contribution in [1.82, 2.24) is 53.9 Å². The molecule has 5 heterocycles. The molecule has 57 heavy (non-hydrogen) atoms. The predicted molar refractivity (Wildman–Crippen MR) is 209 cm³/mol. The van der Waals surface area contributed by atoms with E-state index in [4.69, 9.17) is 28.8 Å².